The molecule has 2 N–H and O–H groups in total. The van der Waals surface area contributed by atoms with E-state index in [1.165, 1.54) is 24.8 Å². The van der Waals surface area contributed by atoms with Crippen LogP contribution < -0.4 is 14.8 Å². The highest BCUT2D eigenvalue weighted by molar-refractivity contribution is 7.92. The van der Waals surface area contributed by atoms with Crippen LogP contribution in [0.25, 0.3) is 0 Å². The van der Waals surface area contributed by atoms with Gasteiger partial charge in [0.15, 0.2) is 0 Å². The molecular formula is C30H47ClN4O4S. The second-order valence-corrected chi connectivity index (χ2v) is 12.3. The number of sulfonamides is 1. The first-order valence-corrected chi connectivity index (χ1v) is 16.3. The van der Waals surface area contributed by atoms with Crippen molar-refractivity contribution < 1.29 is 17.9 Å². The van der Waals surface area contributed by atoms with E-state index in [9.17, 15) is 13.2 Å². The van der Waals surface area contributed by atoms with Gasteiger partial charge in [-0.3, -0.25) is 9.62 Å². The number of amides is 2. The van der Waals surface area contributed by atoms with Crippen LogP contribution in [0.1, 0.15) is 70.8 Å². The molecule has 2 amide bonds. The predicted octanol–water partition coefficient (Wildman–Crippen LogP) is 6.63. The molecule has 0 saturated carbocycles. The number of hydrogen-bond acceptors (Lipinski definition) is 5. The highest BCUT2D eigenvalue weighted by Gasteiger charge is 2.23. The zero-order valence-electron chi connectivity index (χ0n) is 24.2. The van der Waals surface area contributed by atoms with E-state index < -0.39 is 10.0 Å². The number of urea groups is 1. The first-order valence-electron chi connectivity index (χ1n) is 14.4. The maximum absolute atomic E-state index is 13.0. The first-order chi connectivity index (χ1) is 18.8. The van der Waals surface area contributed by atoms with Crippen LogP contribution in [0.3, 0.4) is 0 Å². The van der Waals surface area contributed by atoms with Crippen LogP contribution in [-0.2, 0) is 16.6 Å². The molecule has 1 saturated heterocycles. The second-order valence-electron chi connectivity index (χ2n) is 10.5. The number of carbonyl (C=O) groups excluding carboxylic acids is 1. The molecule has 0 radical (unpaired) electrons. The van der Waals surface area contributed by atoms with Crippen molar-refractivity contribution in [3.63, 3.8) is 0 Å². The normalized spacial score (nSPS) is 14.3. The van der Waals surface area contributed by atoms with Crippen LogP contribution in [0, 0.1) is 0 Å². The number of nitrogens with zero attached hydrogens (tertiary/aromatic N) is 2. The molecule has 1 aliphatic heterocycles. The number of rotatable bonds is 15. The van der Waals surface area contributed by atoms with E-state index in [1.807, 2.05) is 17.0 Å². The van der Waals surface area contributed by atoms with Crippen molar-refractivity contribution in [1.82, 2.24) is 15.1 Å². The number of likely N-dealkylation sites (tertiary alicyclic amines) is 1. The molecule has 2 aromatic rings. The highest BCUT2D eigenvalue weighted by atomic mass is 35.5. The second kappa shape index (κ2) is 17.4. The third-order valence-corrected chi connectivity index (χ3v) is 7.59. The number of benzene rings is 2. The van der Waals surface area contributed by atoms with Gasteiger partial charge in [-0.1, -0.05) is 51.7 Å². The van der Waals surface area contributed by atoms with Crippen molar-refractivity contribution in [3.05, 3.63) is 54.1 Å². The third-order valence-electron chi connectivity index (χ3n) is 6.99. The summed E-state index contributed by atoms with van der Waals surface area (Å²) in [7, 11) is -3.30. The lowest BCUT2D eigenvalue weighted by Gasteiger charge is -2.34. The Balaban J connectivity index is 0.00000560. The molecule has 0 unspecified atom stereocenters. The van der Waals surface area contributed by atoms with Gasteiger partial charge in [0.05, 0.1) is 6.26 Å². The van der Waals surface area contributed by atoms with Crippen LogP contribution in [0.4, 0.5) is 10.5 Å². The Hall–Kier alpha value is -2.49. The van der Waals surface area contributed by atoms with Crippen LogP contribution in [0.15, 0.2) is 48.5 Å². The van der Waals surface area contributed by atoms with Crippen molar-refractivity contribution in [2.75, 3.05) is 37.2 Å². The molecule has 0 bridgehead atoms. The number of carbonyl (C=O) groups is 1. The minimum atomic E-state index is -3.30. The van der Waals surface area contributed by atoms with E-state index in [0.29, 0.717) is 11.4 Å². The van der Waals surface area contributed by atoms with Gasteiger partial charge in [0.25, 0.3) is 0 Å². The van der Waals surface area contributed by atoms with Gasteiger partial charge < -0.3 is 15.0 Å². The Morgan fingerprint density at radius 2 is 1.48 bits per heavy atom. The summed E-state index contributed by atoms with van der Waals surface area (Å²) in [6.45, 7) is 8.88. The SMILES string of the molecule is CCCCCCN(CCCC)C(=O)NC1CCN(Cc2ccc(Oc3ccc(NS(C)(=O)=O)cc3)cc2)CC1.Cl. The fraction of sp³-hybridized carbons (Fsp3) is 0.567. The molecule has 8 nitrogen and oxygen atoms in total. The summed E-state index contributed by atoms with van der Waals surface area (Å²) in [5.41, 5.74) is 1.72. The summed E-state index contributed by atoms with van der Waals surface area (Å²) in [5.74, 6) is 1.37. The summed E-state index contributed by atoms with van der Waals surface area (Å²) >= 11 is 0. The fourth-order valence-corrected chi connectivity index (χ4v) is 5.32. The van der Waals surface area contributed by atoms with Crippen molar-refractivity contribution in [1.29, 1.82) is 0 Å². The standard InChI is InChI=1S/C30H46N4O4S.ClH/c1-4-6-8-9-21-34(20-7-5-2)30(35)31-26-18-22-33(23-19-26)24-25-10-14-28(15-11-25)38-29-16-12-27(13-17-29)32-39(3,36)37;/h10-17,26,32H,4-9,18-24H2,1-3H3,(H,31,35);1H. The van der Waals surface area contributed by atoms with E-state index in [4.69, 9.17) is 4.74 Å². The van der Waals surface area contributed by atoms with Crippen molar-refractivity contribution >= 4 is 34.1 Å². The molecule has 0 aromatic heterocycles. The monoisotopic (exact) mass is 594 g/mol. The predicted molar refractivity (Wildman–Crippen MR) is 166 cm³/mol. The van der Waals surface area contributed by atoms with Gasteiger partial charge in [-0.05, 0) is 67.6 Å². The minimum absolute atomic E-state index is 0. The summed E-state index contributed by atoms with van der Waals surface area (Å²) < 4.78 is 31.0. The van der Waals surface area contributed by atoms with Gasteiger partial charge >= 0.3 is 6.03 Å². The molecule has 0 atom stereocenters. The van der Waals surface area contributed by atoms with Gasteiger partial charge in [-0.15, -0.1) is 12.4 Å². The van der Waals surface area contributed by atoms with E-state index in [-0.39, 0.29) is 24.5 Å². The van der Waals surface area contributed by atoms with E-state index >= 15 is 0 Å². The Morgan fingerprint density at radius 1 is 0.900 bits per heavy atom. The van der Waals surface area contributed by atoms with Gasteiger partial charge in [0.2, 0.25) is 10.0 Å². The molecule has 10 heteroatoms. The number of halogens is 1. The Kier molecular flexibility index (Phi) is 14.6. The van der Waals surface area contributed by atoms with Crippen LogP contribution in [-0.4, -0.2) is 62.7 Å². The zero-order valence-corrected chi connectivity index (χ0v) is 25.9. The maximum atomic E-state index is 13.0. The Labute approximate surface area is 247 Å². The van der Waals surface area contributed by atoms with Crippen LogP contribution >= 0.6 is 12.4 Å². The molecule has 1 heterocycles. The van der Waals surface area contributed by atoms with Crippen LogP contribution in [0.5, 0.6) is 11.5 Å². The van der Waals surface area contributed by atoms with Gasteiger partial charge in [0, 0.05) is 44.5 Å². The van der Waals surface area contributed by atoms with E-state index in [2.05, 4.69) is 40.9 Å². The summed E-state index contributed by atoms with van der Waals surface area (Å²) in [5, 5.41) is 3.31. The Bertz CT molecular complexity index is 1110. The quantitative estimate of drug-likeness (QED) is 0.226. The number of nitrogens with one attached hydrogen (secondary N) is 2. The lowest BCUT2D eigenvalue weighted by atomic mass is 10.0. The highest BCUT2D eigenvalue weighted by Crippen LogP contribution is 2.24. The van der Waals surface area contributed by atoms with Crippen molar-refractivity contribution in [2.45, 2.75) is 77.8 Å². The number of piperidine rings is 1. The average molecular weight is 595 g/mol. The van der Waals surface area contributed by atoms with Crippen molar-refractivity contribution in [3.8, 4) is 11.5 Å². The van der Waals surface area contributed by atoms with Crippen molar-refractivity contribution in [2.24, 2.45) is 0 Å². The minimum Gasteiger partial charge on any atom is -0.457 e. The molecule has 1 aliphatic rings. The van der Waals surface area contributed by atoms with E-state index in [0.717, 1.165) is 76.8 Å². The van der Waals surface area contributed by atoms with Gasteiger partial charge in [-0.2, -0.15) is 0 Å². The van der Waals surface area contributed by atoms with E-state index in [1.54, 1.807) is 24.3 Å². The Morgan fingerprint density at radius 3 is 2.05 bits per heavy atom. The van der Waals surface area contributed by atoms with Crippen LogP contribution in [0.2, 0.25) is 0 Å². The molecule has 40 heavy (non-hydrogen) atoms. The lowest BCUT2D eigenvalue weighted by molar-refractivity contribution is 0.167. The summed E-state index contributed by atoms with van der Waals surface area (Å²) in [6, 6.07) is 15.2. The third kappa shape index (κ3) is 12.4. The first kappa shape index (κ1) is 33.7. The number of hydrogen-bond donors (Lipinski definition) is 2. The number of anilines is 1. The molecule has 2 aromatic carbocycles. The maximum Gasteiger partial charge on any atom is 0.317 e. The molecule has 0 aliphatic carbocycles. The number of ether oxygens (including phenoxy) is 1. The van der Waals surface area contributed by atoms with Gasteiger partial charge in [-0.25, -0.2) is 13.2 Å². The molecular weight excluding hydrogens is 548 g/mol. The molecule has 0 spiro atoms. The van der Waals surface area contributed by atoms with Gasteiger partial charge in [0.1, 0.15) is 11.5 Å². The summed E-state index contributed by atoms with van der Waals surface area (Å²) in [6.07, 6.45) is 9.93. The fourth-order valence-electron chi connectivity index (χ4n) is 4.76. The lowest BCUT2D eigenvalue weighted by Crippen LogP contribution is -2.49. The molecule has 1 fully saturated rings. The zero-order chi connectivity index (χ0) is 28.1. The average Bonchev–Trinajstić information content (AvgIpc) is 2.91. The summed E-state index contributed by atoms with van der Waals surface area (Å²) in [4.78, 5) is 17.4. The largest absolute Gasteiger partial charge is 0.457 e. The molecule has 3 rings (SSSR count). The topological polar surface area (TPSA) is 91.0 Å². The smallest absolute Gasteiger partial charge is 0.317 e. The molecule has 224 valence electrons. The number of unbranched alkanes of at least 4 members (excludes halogenated alkanes) is 4.